The van der Waals surface area contributed by atoms with Crippen molar-refractivity contribution < 1.29 is 4.79 Å². The highest BCUT2D eigenvalue weighted by Crippen LogP contribution is 2.22. The maximum Gasteiger partial charge on any atom is 0.241 e. The van der Waals surface area contributed by atoms with Crippen molar-refractivity contribution in [2.24, 2.45) is 5.92 Å². The first kappa shape index (κ1) is 13.1. The lowest BCUT2D eigenvalue weighted by Gasteiger charge is -2.21. The quantitative estimate of drug-likeness (QED) is 0.889. The first-order chi connectivity index (χ1) is 8.65. The number of rotatable bonds is 4. The largest absolute Gasteiger partial charge is 0.354 e. The lowest BCUT2D eigenvalue weighted by molar-refractivity contribution is -0.122. The third kappa shape index (κ3) is 3.59. The number of carbonyl (C=O) groups is 1. The normalized spacial score (nSPS) is 16.8. The monoisotopic (exact) mass is 249 g/mol. The Hall–Kier alpha value is -1.32. The summed E-state index contributed by atoms with van der Waals surface area (Å²) in [6, 6.07) is 1.99. The number of aryl methyl sites for hydroxylation is 2. The summed E-state index contributed by atoms with van der Waals surface area (Å²) in [5.41, 5.74) is 2.01. The van der Waals surface area contributed by atoms with Gasteiger partial charge in [0.05, 0.1) is 5.69 Å². The number of nitrogens with one attached hydrogen (secondary N) is 1. The van der Waals surface area contributed by atoms with Gasteiger partial charge >= 0.3 is 0 Å². The van der Waals surface area contributed by atoms with Gasteiger partial charge in [0, 0.05) is 12.2 Å². The van der Waals surface area contributed by atoms with Crippen LogP contribution in [0.25, 0.3) is 0 Å². The van der Waals surface area contributed by atoms with Crippen LogP contribution in [0.4, 0.5) is 0 Å². The molecule has 0 spiro atoms. The molecule has 0 aliphatic heterocycles. The summed E-state index contributed by atoms with van der Waals surface area (Å²) in [7, 11) is 0. The molecule has 1 aromatic heterocycles. The average molecular weight is 249 g/mol. The van der Waals surface area contributed by atoms with Crippen LogP contribution in [-0.4, -0.2) is 22.2 Å². The molecule has 1 aliphatic rings. The third-order valence-corrected chi connectivity index (χ3v) is 3.71. The predicted molar refractivity (Wildman–Crippen MR) is 71.3 cm³/mol. The third-order valence-electron chi connectivity index (χ3n) is 3.71. The first-order valence-electron chi connectivity index (χ1n) is 6.93. The summed E-state index contributed by atoms with van der Waals surface area (Å²) in [5, 5.41) is 7.34. The molecule has 4 heteroatoms. The van der Waals surface area contributed by atoms with Gasteiger partial charge in [-0.1, -0.05) is 19.3 Å². The molecule has 4 nitrogen and oxygen atoms in total. The van der Waals surface area contributed by atoms with E-state index >= 15 is 0 Å². The zero-order valence-corrected chi connectivity index (χ0v) is 11.4. The molecule has 0 radical (unpaired) electrons. The molecular weight excluding hydrogens is 226 g/mol. The minimum absolute atomic E-state index is 0.0757. The Labute approximate surface area is 109 Å². The van der Waals surface area contributed by atoms with E-state index in [9.17, 15) is 4.79 Å². The van der Waals surface area contributed by atoms with E-state index in [1.54, 1.807) is 4.68 Å². The fourth-order valence-electron chi connectivity index (χ4n) is 2.68. The van der Waals surface area contributed by atoms with Gasteiger partial charge in [-0.15, -0.1) is 0 Å². The molecular formula is C14H23N3O. The van der Waals surface area contributed by atoms with Gasteiger partial charge in [0.25, 0.3) is 0 Å². The molecule has 0 atom stereocenters. The first-order valence-corrected chi connectivity index (χ1v) is 6.93. The second-order valence-electron chi connectivity index (χ2n) is 5.39. The van der Waals surface area contributed by atoms with Crippen molar-refractivity contribution in [1.82, 2.24) is 15.1 Å². The van der Waals surface area contributed by atoms with Gasteiger partial charge in [-0.05, 0) is 38.7 Å². The summed E-state index contributed by atoms with van der Waals surface area (Å²) in [6.45, 7) is 5.10. The number of hydrogen-bond acceptors (Lipinski definition) is 2. The van der Waals surface area contributed by atoms with Crippen molar-refractivity contribution >= 4 is 5.91 Å². The highest BCUT2D eigenvalue weighted by Gasteiger charge is 2.14. The maximum absolute atomic E-state index is 11.8. The van der Waals surface area contributed by atoms with Crippen LogP contribution in [0, 0.1) is 19.8 Å². The summed E-state index contributed by atoms with van der Waals surface area (Å²) in [5.74, 6) is 0.759. The van der Waals surface area contributed by atoms with E-state index in [4.69, 9.17) is 0 Å². The van der Waals surface area contributed by atoms with E-state index in [0.717, 1.165) is 17.9 Å². The lowest BCUT2D eigenvalue weighted by atomic mass is 9.89. The zero-order chi connectivity index (χ0) is 13.0. The van der Waals surface area contributed by atoms with Crippen molar-refractivity contribution in [3.63, 3.8) is 0 Å². The van der Waals surface area contributed by atoms with Gasteiger partial charge in [0.15, 0.2) is 0 Å². The van der Waals surface area contributed by atoms with Crippen LogP contribution < -0.4 is 5.32 Å². The number of hydrogen-bond donors (Lipinski definition) is 1. The standard InChI is InChI=1S/C14H23N3O/c1-11-8-12(2)17(16-11)10-14(18)15-9-13-6-4-3-5-7-13/h8,13H,3-7,9-10H2,1-2H3,(H,15,18). The second kappa shape index (κ2) is 6.03. The van der Waals surface area contributed by atoms with Crippen LogP contribution in [-0.2, 0) is 11.3 Å². The molecule has 1 N–H and O–H groups in total. The molecule has 1 aliphatic carbocycles. The number of carbonyl (C=O) groups excluding carboxylic acids is 1. The van der Waals surface area contributed by atoms with Crippen LogP contribution in [0.3, 0.4) is 0 Å². The molecule has 0 aromatic carbocycles. The molecule has 1 amide bonds. The van der Waals surface area contributed by atoms with Crippen molar-refractivity contribution in [1.29, 1.82) is 0 Å². The van der Waals surface area contributed by atoms with Gasteiger partial charge in [-0.2, -0.15) is 5.10 Å². The molecule has 2 rings (SSSR count). The Kier molecular flexibility index (Phi) is 4.39. The summed E-state index contributed by atoms with van der Waals surface area (Å²) in [6.07, 6.45) is 6.52. The van der Waals surface area contributed by atoms with Gasteiger partial charge < -0.3 is 5.32 Å². The summed E-state index contributed by atoms with van der Waals surface area (Å²) >= 11 is 0. The van der Waals surface area contributed by atoms with Crippen molar-refractivity contribution in [2.75, 3.05) is 6.54 Å². The number of aromatic nitrogens is 2. The molecule has 0 bridgehead atoms. The van der Waals surface area contributed by atoms with E-state index in [1.807, 2.05) is 19.9 Å². The van der Waals surface area contributed by atoms with Gasteiger partial charge in [0.2, 0.25) is 5.91 Å². The molecule has 1 aromatic rings. The van der Waals surface area contributed by atoms with Gasteiger partial charge in [-0.3, -0.25) is 9.48 Å². The summed E-state index contributed by atoms with van der Waals surface area (Å²) in [4.78, 5) is 11.8. The van der Waals surface area contributed by atoms with E-state index in [-0.39, 0.29) is 5.91 Å². The average Bonchev–Trinajstić information content (AvgIpc) is 2.67. The van der Waals surface area contributed by atoms with Crippen LogP contribution in [0.2, 0.25) is 0 Å². The van der Waals surface area contributed by atoms with E-state index < -0.39 is 0 Å². The van der Waals surface area contributed by atoms with Crippen LogP contribution in [0.1, 0.15) is 43.5 Å². The zero-order valence-electron chi connectivity index (χ0n) is 11.4. The van der Waals surface area contributed by atoms with Gasteiger partial charge in [-0.25, -0.2) is 0 Å². The van der Waals surface area contributed by atoms with E-state index in [0.29, 0.717) is 12.5 Å². The lowest BCUT2D eigenvalue weighted by Crippen LogP contribution is -2.33. The molecule has 100 valence electrons. The fourth-order valence-corrected chi connectivity index (χ4v) is 2.68. The van der Waals surface area contributed by atoms with Crippen molar-refractivity contribution in [3.8, 4) is 0 Å². The number of nitrogens with zero attached hydrogens (tertiary/aromatic N) is 2. The topological polar surface area (TPSA) is 46.9 Å². The molecule has 1 saturated carbocycles. The SMILES string of the molecule is Cc1cc(C)n(CC(=O)NCC2CCCCC2)n1. The van der Waals surface area contributed by atoms with Crippen LogP contribution in [0.15, 0.2) is 6.07 Å². The van der Waals surface area contributed by atoms with E-state index in [2.05, 4.69) is 10.4 Å². The molecule has 1 fully saturated rings. The minimum Gasteiger partial charge on any atom is -0.354 e. The Morgan fingerprint density at radius 1 is 1.39 bits per heavy atom. The molecule has 18 heavy (non-hydrogen) atoms. The highest BCUT2D eigenvalue weighted by molar-refractivity contribution is 5.75. The maximum atomic E-state index is 11.8. The second-order valence-corrected chi connectivity index (χ2v) is 5.39. The molecule has 0 unspecified atom stereocenters. The Morgan fingerprint density at radius 3 is 2.72 bits per heavy atom. The van der Waals surface area contributed by atoms with Crippen LogP contribution >= 0.6 is 0 Å². The minimum atomic E-state index is 0.0757. The Balaban J connectivity index is 1.76. The van der Waals surface area contributed by atoms with Crippen LogP contribution in [0.5, 0.6) is 0 Å². The van der Waals surface area contributed by atoms with Crippen molar-refractivity contribution in [3.05, 3.63) is 17.5 Å². The summed E-state index contributed by atoms with van der Waals surface area (Å²) < 4.78 is 1.77. The van der Waals surface area contributed by atoms with Crippen molar-refractivity contribution in [2.45, 2.75) is 52.5 Å². The fraction of sp³-hybridized carbons (Fsp3) is 0.714. The Bertz CT molecular complexity index is 405. The van der Waals surface area contributed by atoms with E-state index in [1.165, 1.54) is 32.1 Å². The highest BCUT2D eigenvalue weighted by atomic mass is 16.2. The molecule has 1 heterocycles. The number of amides is 1. The van der Waals surface area contributed by atoms with Gasteiger partial charge in [0.1, 0.15) is 6.54 Å². The smallest absolute Gasteiger partial charge is 0.241 e. The molecule has 0 saturated heterocycles. The predicted octanol–water partition coefficient (Wildman–Crippen LogP) is 2.20. The Morgan fingerprint density at radius 2 is 2.11 bits per heavy atom.